The van der Waals surface area contributed by atoms with Gasteiger partial charge in [0.25, 0.3) is 0 Å². The first kappa shape index (κ1) is 12.3. The lowest BCUT2D eigenvalue weighted by Gasteiger charge is -2.28. The molecule has 1 fully saturated rings. The van der Waals surface area contributed by atoms with Crippen molar-refractivity contribution < 1.29 is 4.74 Å². The number of anilines is 1. The molecule has 4 nitrogen and oxygen atoms in total. The normalized spacial score (nSPS) is 16.1. The summed E-state index contributed by atoms with van der Waals surface area (Å²) in [5.74, 6) is 0.935. The monoisotopic (exact) mass is 305 g/mol. The molecule has 6 heteroatoms. The Bertz CT molecular complexity index is 739. The predicted octanol–water partition coefficient (Wildman–Crippen LogP) is 3.29. The number of halogens is 1. The van der Waals surface area contributed by atoms with E-state index in [0.717, 1.165) is 59.2 Å². The third kappa shape index (κ3) is 1.78. The van der Waals surface area contributed by atoms with E-state index in [1.807, 2.05) is 18.2 Å². The number of aromatic nitrogens is 2. The molecule has 4 rings (SSSR count). The molecule has 0 atom stereocenters. The van der Waals surface area contributed by atoms with Gasteiger partial charge in [-0.05, 0) is 0 Å². The summed E-state index contributed by atoms with van der Waals surface area (Å²) in [5.41, 5.74) is 1.92. The molecule has 2 heterocycles. The minimum Gasteiger partial charge on any atom is -0.378 e. The molecule has 20 heavy (non-hydrogen) atoms. The molecule has 0 bridgehead atoms. The van der Waals surface area contributed by atoms with E-state index in [9.17, 15) is 0 Å². The molecule has 0 N–H and O–H groups in total. The number of hydrogen-bond donors (Lipinski definition) is 0. The molecule has 0 aromatic heterocycles. The highest BCUT2D eigenvalue weighted by molar-refractivity contribution is 6.99. The van der Waals surface area contributed by atoms with Gasteiger partial charge in [0.05, 0.1) is 41.2 Å². The maximum Gasteiger partial charge on any atom is 0.154 e. The smallest absolute Gasteiger partial charge is 0.154 e. The van der Waals surface area contributed by atoms with Crippen molar-refractivity contribution in [2.45, 2.75) is 0 Å². The van der Waals surface area contributed by atoms with Crippen LogP contribution in [0.3, 0.4) is 0 Å². The van der Waals surface area contributed by atoms with Gasteiger partial charge in [-0.25, -0.2) is 0 Å². The molecule has 2 aliphatic heterocycles. The SMILES string of the molecule is Clc1c2c(N3CCOCC3)nsnc-2c2ccccc12. The van der Waals surface area contributed by atoms with Gasteiger partial charge in [0.2, 0.25) is 0 Å². The average Bonchev–Trinajstić information content (AvgIpc) is 2.82. The van der Waals surface area contributed by atoms with Crippen LogP contribution in [0.25, 0.3) is 22.0 Å². The van der Waals surface area contributed by atoms with Crippen LogP contribution in [-0.4, -0.2) is 35.1 Å². The minimum atomic E-state index is 0.730. The van der Waals surface area contributed by atoms with Crippen LogP contribution in [0.5, 0.6) is 0 Å². The molecule has 3 aliphatic rings. The molecule has 0 spiro atoms. The topological polar surface area (TPSA) is 38.2 Å². The highest BCUT2D eigenvalue weighted by Gasteiger charge is 2.26. The van der Waals surface area contributed by atoms with E-state index >= 15 is 0 Å². The molecule has 1 aromatic carbocycles. The van der Waals surface area contributed by atoms with Crippen LogP contribution in [0.15, 0.2) is 24.3 Å². The van der Waals surface area contributed by atoms with Crippen LogP contribution in [0.1, 0.15) is 0 Å². The van der Waals surface area contributed by atoms with Gasteiger partial charge in [-0.15, -0.1) is 0 Å². The number of fused-ring (bicyclic) bond motifs is 3. The van der Waals surface area contributed by atoms with Crippen LogP contribution in [-0.2, 0) is 4.74 Å². The second-order valence-corrected chi connectivity index (χ2v) is 5.68. The average molecular weight is 306 g/mol. The van der Waals surface area contributed by atoms with Crippen LogP contribution in [0.2, 0.25) is 5.02 Å². The molecule has 0 amide bonds. The Morgan fingerprint density at radius 2 is 1.85 bits per heavy atom. The second kappa shape index (κ2) is 4.84. The number of rotatable bonds is 1. The first-order valence-electron chi connectivity index (χ1n) is 6.51. The largest absolute Gasteiger partial charge is 0.378 e. The lowest BCUT2D eigenvalue weighted by Crippen LogP contribution is -2.37. The fourth-order valence-corrected chi connectivity index (χ4v) is 3.62. The van der Waals surface area contributed by atoms with E-state index in [2.05, 4.69) is 19.7 Å². The number of hydrogen-bond acceptors (Lipinski definition) is 5. The quantitative estimate of drug-likeness (QED) is 0.691. The van der Waals surface area contributed by atoms with E-state index in [4.69, 9.17) is 16.3 Å². The highest BCUT2D eigenvalue weighted by atomic mass is 35.5. The van der Waals surface area contributed by atoms with Crippen molar-refractivity contribution in [3.8, 4) is 11.3 Å². The Labute approximate surface area is 125 Å². The van der Waals surface area contributed by atoms with Crippen molar-refractivity contribution in [2.24, 2.45) is 0 Å². The first-order chi connectivity index (χ1) is 9.86. The summed E-state index contributed by atoms with van der Waals surface area (Å²) in [6, 6.07) is 8.11. The summed E-state index contributed by atoms with van der Waals surface area (Å²) < 4.78 is 14.4. The predicted molar refractivity (Wildman–Crippen MR) is 82.1 cm³/mol. The van der Waals surface area contributed by atoms with Crippen molar-refractivity contribution in [1.29, 1.82) is 0 Å². The van der Waals surface area contributed by atoms with Crippen molar-refractivity contribution in [2.75, 3.05) is 31.2 Å². The van der Waals surface area contributed by atoms with Crippen molar-refractivity contribution >= 4 is 39.9 Å². The highest BCUT2D eigenvalue weighted by Crippen LogP contribution is 2.45. The maximum atomic E-state index is 6.58. The van der Waals surface area contributed by atoms with Gasteiger partial charge in [0.15, 0.2) is 5.82 Å². The summed E-state index contributed by atoms with van der Waals surface area (Å²) in [5, 5.41) is 2.90. The molecular weight excluding hydrogens is 294 g/mol. The second-order valence-electron chi connectivity index (χ2n) is 4.77. The van der Waals surface area contributed by atoms with Crippen molar-refractivity contribution in [1.82, 2.24) is 8.75 Å². The summed E-state index contributed by atoms with van der Waals surface area (Å²) in [6.45, 7) is 3.15. The molecule has 0 radical (unpaired) electrons. The summed E-state index contributed by atoms with van der Waals surface area (Å²) >= 11 is 7.82. The van der Waals surface area contributed by atoms with Crippen LogP contribution < -0.4 is 4.90 Å². The van der Waals surface area contributed by atoms with Crippen LogP contribution in [0.4, 0.5) is 5.82 Å². The molecule has 1 aliphatic carbocycles. The van der Waals surface area contributed by atoms with Crippen LogP contribution in [0, 0.1) is 0 Å². The Kier molecular flexibility index (Phi) is 2.98. The summed E-state index contributed by atoms with van der Waals surface area (Å²) in [7, 11) is 0. The summed E-state index contributed by atoms with van der Waals surface area (Å²) in [6.07, 6.45) is 0. The number of nitrogens with zero attached hydrogens (tertiary/aromatic N) is 3. The maximum absolute atomic E-state index is 6.58. The Hall–Kier alpha value is -1.43. The Morgan fingerprint density at radius 3 is 2.65 bits per heavy atom. The van der Waals surface area contributed by atoms with Crippen molar-refractivity contribution in [3.63, 3.8) is 0 Å². The van der Waals surface area contributed by atoms with E-state index in [1.165, 1.54) is 11.7 Å². The van der Waals surface area contributed by atoms with Gasteiger partial charge in [-0.2, -0.15) is 8.75 Å². The van der Waals surface area contributed by atoms with E-state index in [-0.39, 0.29) is 0 Å². The van der Waals surface area contributed by atoms with Gasteiger partial charge in [0, 0.05) is 23.9 Å². The number of ether oxygens (including phenoxy) is 1. The summed E-state index contributed by atoms with van der Waals surface area (Å²) in [4.78, 5) is 2.23. The molecule has 0 unspecified atom stereocenters. The van der Waals surface area contributed by atoms with Gasteiger partial charge in [-0.3, -0.25) is 0 Å². The third-order valence-corrected chi connectivity index (χ3v) is 4.58. The van der Waals surface area contributed by atoms with Crippen LogP contribution >= 0.6 is 23.3 Å². The number of benzene rings is 1. The van der Waals surface area contributed by atoms with Gasteiger partial charge >= 0.3 is 0 Å². The fraction of sp³-hybridized carbons (Fsp3) is 0.286. The first-order valence-corrected chi connectivity index (χ1v) is 7.62. The zero-order valence-electron chi connectivity index (χ0n) is 10.7. The Morgan fingerprint density at radius 1 is 1.10 bits per heavy atom. The lowest BCUT2D eigenvalue weighted by molar-refractivity contribution is 0.122. The van der Waals surface area contributed by atoms with E-state index < -0.39 is 0 Å². The number of morpholine rings is 1. The minimum absolute atomic E-state index is 0.730. The zero-order valence-corrected chi connectivity index (χ0v) is 12.2. The standard InChI is InChI=1S/C14H12ClN3OS/c15-12-9-3-1-2-4-10(9)13-11(12)14(17-20-16-13)18-5-7-19-8-6-18/h1-4H,5-8H2. The zero-order chi connectivity index (χ0) is 13.5. The molecule has 0 saturated carbocycles. The fourth-order valence-electron chi connectivity index (χ4n) is 2.69. The Balaban J connectivity index is 1.97. The van der Waals surface area contributed by atoms with Gasteiger partial charge in [-0.1, -0.05) is 35.9 Å². The van der Waals surface area contributed by atoms with Gasteiger partial charge < -0.3 is 9.64 Å². The van der Waals surface area contributed by atoms with E-state index in [0.29, 0.717) is 0 Å². The molecule has 1 aromatic rings. The van der Waals surface area contributed by atoms with Crippen molar-refractivity contribution in [3.05, 3.63) is 29.3 Å². The third-order valence-electron chi connectivity index (χ3n) is 3.67. The lowest BCUT2D eigenvalue weighted by atomic mass is 10.2. The van der Waals surface area contributed by atoms with E-state index in [1.54, 1.807) is 0 Å². The molecular formula is C14H12ClN3OS. The molecule has 102 valence electrons. The molecule has 1 saturated heterocycles. The van der Waals surface area contributed by atoms with Gasteiger partial charge in [0.1, 0.15) is 0 Å².